The van der Waals surface area contributed by atoms with Crippen LogP contribution in [0.1, 0.15) is 31.0 Å². The molecule has 0 bridgehead atoms. The molecule has 1 aromatic carbocycles. The number of rotatable bonds is 9. The van der Waals surface area contributed by atoms with Gasteiger partial charge in [-0.15, -0.1) is 0 Å². The summed E-state index contributed by atoms with van der Waals surface area (Å²) in [5.41, 5.74) is 3.30. The standard InChI is InChI=1S/C21H27N5OS2/c1-4-25(5-2)18(17-9-10-29-14-17)12-22-19(27)13-26-20(23-24-21(26)28)16-8-6-7-15(3)11-16/h6-11,14,18H,4-5,12-13H2,1-3H3,(H,22,27)(H,24,28). The van der Waals surface area contributed by atoms with Gasteiger partial charge in [-0.25, -0.2) is 0 Å². The Morgan fingerprint density at radius 2 is 2.14 bits per heavy atom. The van der Waals surface area contributed by atoms with Crippen LogP contribution in [-0.2, 0) is 11.3 Å². The Morgan fingerprint density at radius 1 is 1.34 bits per heavy atom. The molecule has 0 saturated carbocycles. The van der Waals surface area contributed by atoms with E-state index in [9.17, 15) is 4.79 Å². The molecule has 1 unspecified atom stereocenters. The van der Waals surface area contributed by atoms with Gasteiger partial charge in [-0.3, -0.25) is 19.4 Å². The average Bonchev–Trinajstić information content (AvgIpc) is 3.36. The van der Waals surface area contributed by atoms with Gasteiger partial charge in [0, 0.05) is 12.1 Å². The molecule has 0 spiro atoms. The van der Waals surface area contributed by atoms with E-state index in [-0.39, 0.29) is 18.5 Å². The maximum atomic E-state index is 12.8. The number of carbonyl (C=O) groups excluding carboxylic acids is 1. The monoisotopic (exact) mass is 429 g/mol. The lowest BCUT2D eigenvalue weighted by atomic mass is 10.1. The molecule has 3 rings (SSSR count). The van der Waals surface area contributed by atoms with Crippen LogP contribution in [0.3, 0.4) is 0 Å². The second kappa shape index (κ2) is 9.96. The lowest BCUT2D eigenvalue weighted by Gasteiger charge is -2.29. The normalized spacial score (nSPS) is 12.3. The number of likely N-dealkylation sites (N-methyl/N-ethyl adjacent to an activating group) is 1. The minimum Gasteiger partial charge on any atom is -0.353 e. The Kier molecular flexibility index (Phi) is 7.35. The third-order valence-electron chi connectivity index (χ3n) is 5.01. The maximum Gasteiger partial charge on any atom is 0.240 e. The van der Waals surface area contributed by atoms with Crippen molar-refractivity contribution in [2.75, 3.05) is 19.6 Å². The molecule has 1 amide bonds. The molecule has 0 aliphatic rings. The lowest BCUT2D eigenvalue weighted by molar-refractivity contribution is -0.121. The van der Waals surface area contributed by atoms with Gasteiger partial charge in [-0.1, -0.05) is 37.6 Å². The van der Waals surface area contributed by atoms with Gasteiger partial charge in [0.1, 0.15) is 6.54 Å². The molecule has 0 fully saturated rings. The molecule has 2 aromatic heterocycles. The van der Waals surface area contributed by atoms with Gasteiger partial charge in [-0.05, 0) is 60.7 Å². The first-order valence-corrected chi connectivity index (χ1v) is 11.1. The summed E-state index contributed by atoms with van der Waals surface area (Å²) in [6, 6.07) is 10.3. The van der Waals surface area contributed by atoms with E-state index in [1.54, 1.807) is 15.9 Å². The van der Waals surface area contributed by atoms with Crippen molar-refractivity contribution in [2.24, 2.45) is 0 Å². The van der Waals surface area contributed by atoms with Gasteiger partial charge in [-0.2, -0.15) is 16.4 Å². The fourth-order valence-electron chi connectivity index (χ4n) is 3.47. The summed E-state index contributed by atoms with van der Waals surface area (Å²) >= 11 is 7.04. The van der Waals surface area contributed by atoms with E-state index in [2.05, 4.69) is 51.1 Å². The zero-order valence-corrected chi connectivity index (χ0v) is 18.6. The summed E-state index contributed by atoms with van der Waals surface area (Å²) in [5, 5.41) is 14.5. The molecule has 2 heterocycles. The average molecular weight is 430 g/mol. The number of nitrogens with one attached hydrogen (secondary N) is 2. The summed E-state index contributed by atoms with van der Waals surface area (Å²) in [4.78, 5) is 15.1. The van der Waals surface area contributed by atoms with Crippen LogP contribution < -0.4 is 5.32 Å². The van der Waals surface area contributed by atoms with Crippen LogP contribution in [0.15, 0.2) is 41.1 Å². The SMILES string of the molecule is CCN(CC)C(CNC(=O)Cn1c(-c2cccc(C)c2)n[nH]c1=S)c1ccsc1. The first-order chi connectivity index (χ1) is 14.0. The van der Waals surface area contributed by atoms with E-state index in [0.29, 0.717) is 17.1 Å². The van der Waals surface area contributed by atoms with Gasteiger partial charge in [0.15, 0.2) is 10.6 Å². The molecule has 3 aromatic rings. The molecule has 2 N–H and O–H groups in total. The number of nitrogens with zero attached hydrogens (tertiary/aromatic N) is 3. The highest BCUT2D eigenvalue weighted by Crippen LogP contribution is 2.22. The van der Waals surface area contributed by atoms with Gasteiger partial charge >= 0.3 is 0 Å². The molecule has 8 heteroatoms. The third kappa shape index (κ3) is 5.20. The predicted octanol–water partition coefficient (Wildman–Crippen LogP) is 4.18. The number of hydrogen-bond donors (Lipinski definition) is 2. The van der Waals surface area contributed by atoms with Crippen LogP contribution in [0.4, 0.5) is 0 Å². The van der Waals surface area contributed by atoms with E-state index >= 15 is 0 Å². The van der Waals surface area contributed by atoms with Gasteiger partial charge in [0.2, 0.25) is 5.91 Å². The number of amides is 1. The Balaban J connectivity index is 1.73. The summed E-state index contributed by atoms with van der Waals surface area (Å²) in [7, 11) is 0. The second-order valence-electron chi connectivity index (χ2n) is 6.91. The fraction of sp³-hybridized carbons (Fsp3) is 0.381. The molecule has 0 aliphatic carbocycles. The number of carbonyl (C=O) groups is 1. The Bertz CT molecular complexity index is 989. The minimum atomic E-state index is -0.0798. The molecule has 0 aliphatic heterocycles. The van der Waals surface area contributed by atoms with Gasteiger partial charge in [0.25, 0.3) is 0 Å². The van der Waals surface area contributed by atoms with Crippen molar-refractivity contribution in [3.63, 3.8) is 0 Å². The number of H-pyrrole nitrogens is 1. The minimum absolute atomic E-state index is 0.0798. The van der Waals surface area contributed by atoms with Crippen LogP contribution in [0, 0.1) is 11.7 Å². The largest absolute Gasteiger partial charge is 0.353 e. The smallest absolute Gasteiger partial charge is 0.240 e. The molecular weight excluding hydrogens is 402 g/mol. The van der Waals surface area contributed by atoms with Crippen molar-refractivity contribution in [3.8, 4) is 11.4 Å². The van der Waals surface area contributed by atoms with Crippen molar-refractivity contribution >= 4 is 29.5 Å². The third-order valence-corrected chi connectivity index (χ3v) is 6.02. The quantitative estimate of drug-likeness (QED) is 0.501. The number of aryl methyl sites for hydroxylation is 1. The highest BCUT2D eigenvalue weighted by molar-refractivity contribution is 7.71. The van der Waals surface area contributed by atoms with Crippen molar-refractivity contribution in [3.05, 3.63) is 57.0 Å². The zero-order chi connectivity index (χ0) is 20.8. The topological polar surface area (TPSA) is 66.0 Å². The Hall–Kier alpha value is -2.29. The molecule has 0 saturated heterocycles. The van der Waals surface area contributed by atoms with Crippen LogP contribution in [0.5, 0.6) is 0 Å². The molecule has 154 valence electrons. The van der Waals surface area contributed by atoms with E-state index in [1.165, 1.54) is 5.56 Å². The van der Waals surface area contributed by atoms with E-state index in [1.807, 2.05) is 31.2 Å². The zero-order valence-electron chi connectivity index (χ0n) is 17.0. The predicted molar refractivity (Wildman–Crippen MR) is 121 cm³/mol. The van der Waals surface area contributed by atoms with E-state index < -0.39 is 0 Å². The molecule has 29 heavy (non-hydrogen) atoms. The Labute approximate surface area is 180 Å². The summed E-state index contributed by atoms with van der Waals surface area (Å²) in [6.45, 7) is 8.86. The van der Waals surface area contributed by atoms with Gasteiger partial charge in [0.05, 0.1) is 6.04 Å². The first-order valence-electron chi connectivity index (χ1n) is 9.78. The molecule has 6 nitrogen and oxygen atoms in total. The number of aromatic amines is 1. The number of hydrogen-bond acceptors (Lipinski definition) is 5. The molecular formula is C21H27N5OS2. The van der Waals surface area contributed by atoms with Crippen molar-refractivity contribution in [2.45, 2.75) is 33.4 Å². The maximum absolute atomic E-state index is 12.8. The fourth-order valence-corrected chi connectivity index (χ4v) is 4.37. The number of aromatic nitrogens is 3. The van der Waals surface area contributed by atoms with Crippen LogP contribution in [0.2, 0.25) is 0 Å². The van der Waals surface area contributed by atoms with Crippen LogP contribution in [0.25, 0.3) is 11.4 Å². The lowest BCUT2D eigenvalue weighted by Crippen LogP contribution is -2.39. The van der Waals surface area contributed by atoms with Crippen LogP contribution in [-0.4, -0.2) is 45.2 Å². The van der Waals surface area contributed by atoms with Crippen molar-refractivity contribution in [1.29, 1.82) is 0 Å². The number of benzene rings is 1. The highest BCUT2D eigenvalue weighted by Gasteiger charge is 2.20. The van der Waals surface area contributed by atoms with Gasteiger partial charge < -0.3 is 5.32 Å². The highest BCUT2D eigenvalue weighted by atomic mass is 32.1. The van der Waals surface area contributed by atoms with Crippen molar-refractivity contribution in [1.82, 2.24) is 25.0 Å². The Morgan fingerprint density at radius 3 is 2.79 bits per heavy atom. The second-order valence-corrected chi connectivity index (χ2v) is 8.07. The summed E-state index contributed by atoms with van der Waals surface area (Å²) in [5.74, 6) is 0.593. The van der Waals surface area contributed by atoms with Crippen molar-refractivity contribution < 1.29 is 4.79 Å². The van der Waals surface area contributed by atoms with Crippen LogP contribution >= 0.6 is 23.6 Å². The van der Waals surface area contributed by atoms with E-state index in [0.717, 1.165) is 24.2 Å². The first kappa shape index (κ1) is 21.4. The van der Waals surface area contributed by atoms with E-state index in [4.69, 9.17) is 12.2 Å². The molecule has 0 radical (unpaired) electrons. The number of thiophene rings is 1. The molecule has 1 atom stereocenters. The summed E-state index contributed by atoms with van der Waals surface area (Å²) in [6.07, 6.45) is 0. The summed E-state index contributed by atoms with van der Waals surface area (Å²) < 4.78 is 2.19.